The second kappa shape index (κ2) is 10.1. The summed E-state index contributed by atoms with van der Waals surface area (Å²) in [6.07, 6.45) is 10.5. The van der Waals surface area contributed by atoms with Crippen LogP contribution >= 0.6 is 11.8 Å². The Bertz CT molecular complexity index is 249. The van der Waals surface area contributed by atoms with E-state index in [4.69, 9.17) is 0 Å². The molecule has 0 heterocycles. The number of aliphatic hydroxyl groups is 1. The molecule has 0 bridgehead atoms. The number of hydrogen-bond acceptors (Lipinski definition) is 3. The molecule has 2 nitrogen and oxygen atoms in total. The predicted octanol–water partition coefficient (Wildman–Crippen LogP) is 4.22. The van der Waals surface area contributed by atoms with E-state index in [1.807, 2.05) is 0 Å². The summed E-state index contributed by atoms with van der Waals surface area (Å²) in [6, 6.07) is 0. The molecular weight excluding hydrogens is 266 g/mol. The molecule has 1 fully saturated rings. The Morgan fingerprint density at radius 1 is 1.30 bits per heavy atom. The van der Waals surface area contributed by atoms with Crippen molar-refractivity contribution in [3.05, 3.63) is 0 Å². The molecule has 0 aliphatic heterocycles. The van der Waals surface area contributed by atoms with Crippen LogP contribution in [0.4, 0.5) is 0 Å². The third kappa shape index (κ3) is 7.33. The van der Waals surface area contributed by atoms with Crippen molar-refractivity contribution in [1.29, 1.82) is 0 Å². The summed E-state index contributed by atoms with van der Waals surface area (Å²) in [4.78, 5) is 0. The molecule has 3 unspecified atom stereocenters. The van der Waals surface area contributed by atoms with Gasteiger partial charge in [0.1, 0.15) is 0 Å². The van der Waals surface area contributed by atoms with Crippen LogP contribution in [-0.4, -0.2) is 34.8 Å². The lowest BCUT2D eigenvalue weighted by Crippen LogP contribution is -2.46. The van der Waals surface area contributed by atoms with Crippen LogP contribution in [0.15, 0.2) is 0 Å². The minimum absolute atomic E-state index is 0.0694. The summed E-state index contributed by atoms with van der Waals surface area (Å²) in [5, 5.41) is 13.9. The second-order valence-electron chi connectivity index (χ2n) is 6.87. The number of unbranched alkanes of at least 4 members (excludes halogenated alkanes) is 1. The third-order valence-electron chi connectivity index (χ3n) is 4.52. The molecule has 0 radical (unpaired) electrons. The Hall–Kier alpha value is 0.270. The van der Waals surface area contributed by atoms with Gasteiger partial charge in [0.15, 0.2) is 0 Å². The Labute approximate surface area is 130 Å². The smallest absolute Gasteiger partial charge is 0.0610 e. The fourth-order valence-electron chi connectivity index (χ4n) is 3.05. The van der Waals surface area contributed by atoms with Crippen molar-refractivity contribution in [3.63, 3.8) is 0 Å². The molecule has 3 heteroatoms. The van der Waals surface area contributed by atoms with Crippen molar-refractivity contribution >= 4 is 11.8 Å². The average Bonchev–Trinajstić information content (AvgIpc) is 2.45. The first-order valence-electron chi connectivity index (χ1n) is 8.57. The van der Waals surface area contributed by atoms with Gasteiger partial charge >= 0.3 is 0 Å². The first-order valence-corrected chi connectivity index (χ1v) is 9.62. The first kappa shape index (κ1) is 18.3. The Balaban J connectivity index is 2.08. The van der Waals surface area contributed by atoms with Crippen LogP contribution in [0.2, 0.25) is 0 Å². The number of hydrogen-bond donors (Lipinski definition) is 2. The topological polar surface area (TPSA) is 32.3 Å². The molecule has 0 aromatic rings. The van der Waals surface area contributed by atoms with Gasteiger partial charge in [0.25, 0.3) is 0 Å². The molecule has 0 spiro atoms. The third-order valence-corrected chi connectivity index (χ3v) is 5.94. The first-order chi connectivity index (χ1) is 9.59. The largest absolute Gasteiger partial charge is 0.394 e. The Morgan fingerprint density at radius 2 is 2.10 bits per heavy atom. The second-order valence-corrected chi connectivity index (χ2v) is 8.28. The van der Waals surface area contributed by atoms with Crippen LogP contribution in [0.25, 0.3) is 0 Å². The van der Waals surface area contributed by atoms with E-state index in [2.05, 4.69) is 37.8 Å². The quantitative estimate of drug-likeness (QED) is 0.593. The van der Waals surface area contributed by atoms with E-state index in [-0.39, 0.29) is 12.1 Å². The maximum absolute atomic E-state index is 9.53. The number of aliphatic hydroxyl groups excluding tert-OH is 1. The van der Waals surface area contributed by atoms with Crippen molar-refractivity contribution in [2.45, 2.75) is 82.9 Å². The maximum atomic E-state index is 9.53. The summed E-state index contributed by atoms with van der Waals surface area (Å²) in [6.45, 7) is 7.98. The van der Waals surface area contributed by atoms with Crippen molar-refractivity contribution in [3.8, 4) is 0 Å². The SMILES string of the molecule is CCCNC(C)(CO)CCCCSC1CCCC(C)C1. The minimum atomic E-state index is -0.0694. The standard InChI is InChI=1S/C17H35NOS/c1-4-11-18-17(3,14-19)10-5-6-12-20-16-9-7-8-15(2)13-16/h15-16,18-19H,4-14H2,1-3H3. The molecular formula is C17H35NOS. The van der Waals surface area contributed by atoms with E-state index in [0.717, 1.165) is 30.6 Å². The minimum Gasteiger partial charge on any atom is -0.394 e. The number of nitrogens with one attached hydrogen (secondary N) is 1. The van der Waals surface area contributed by atoms with E-state index in [9.17, 15) is 5.11 Å². The molecule has 120 valence electrons. The van der Waals surface area contributed by atoms with E-state index in [0.29, 0.717) is 0 Å². The van der Waals surface area contributed by atoms with Crippen LogP contribution in [-0.2, 0) is 0 Å². The van der Waals surface area contributed by atoms with Gasteiger partial charge in [0.2, 0.25) is 0 Å². The molecule has 1 saturated carbocycles. The van der Waals surface area contributed by atoms with Gasteiger partial charge in [-0.2, -0.15) is 11.8 Å². The molecule has 1 aliphatic rings. The van der Waals surface area contributed by atoms with Gasteiger partial charge in [-0.3, -0.25) is 0 Å². The maximum Gasteiger partial charge on any atom is 0.0610 e. The van der Waals surface area contributed by atoms with E-state index >= 15 is 0 Å². The van der Waals surface area contributed by atoms with Crippen molar-refractivity contribution in [1.82, 2.24) is 5.32 Å². The summed E-state index contributed by atoms with van der Waals surface area (Å²) < 4.78 is 0. The van der Waals surface area contributed by atoms with E-state index < -0.39 is 0 Å². The van der Waals surface area contributed by atoms with Crippen molar-refractivity contribution in [2.24, 2.45) is 5.92 Å². The molecule has 1 rings (SSSR count). The highest BCUT2D eigenvalue weighted by Crippen LogP contribution is 2.32. The van der Waals surface area contributed by atoms with Gasteiger partial charge in [0.05, 0.1) is 6.61 Å². The van der Waals surface area contributed by atoms with Crippen LogP contribution in [0, 0.1) is 5.92 Å². The Morgan fingerprint density at radius 3 is 2.75 bits per heavy atom. The monoisotopic (exact) mass is 301 g/mol. The number of thioether (sulfide) groups is 1. The predicted molar refractivity (Wildman–Crippen MR) is 91.5 cm³/mol. The highest BCUT2D eigenvalue weighted by atomic mass is 32.2. The molecule has 20 heavy (non-hydrogen) atoms. The zero-order chi connectivity index (χ0) is 14.8. The lowest BCUT2D eigenvalue weighted by atomic mass is 9.91. The molecule has 0 saturated heterocycles. The highest BCUT2D eigenvalue weighted by Gasteiger charge is 2.22. The molecule has 0 amide bonds. The van der Waals surface area contributed by atoms with Crippen LogP contribution in [0.3, 0.4) is 0 Å². The lowest BCUT2D eigenvalue weighted by molar-refractivity contribution is 0.163. The average molecular weight is 302 g/mol. The van der Waals surface area contributed by atoms with Gasteiger partial charge in [-0.1, -0.05) is 33.1 Å². The molecule has 3 atom stereocenters. The van der Waals surface area contributed by atoms with Crippen LogP contribution < -0.4 is 5.32 Å². The fraction of sp³-hybridized carbons (Fsp3) is 1.00. The van der Waals surface area contributed by atoms with E-state index in [1.165, 1.54) is 44.3 Å². The lowest BCUT2D eigenvalue weighted by Gasteiger charge is -2.29. The summed E-state index contributed by atoms with van der Waals surface area (Å²) in [7, 11) is 0. The zero-order valence-electron chi connectivity index (χ0n) is 13.8. The highest BCUT2D eigenvalue weighted by molar-refractivity contribution is 7.99. The molecule has 0 aromatic heterocycles. The van der Waals surface area contributed by atoms with E-state index in [1.54, 1.807) is 0 Å². The Kier molecular flexibility index (Phi) is 9.23. The van der Waals surface area contributed by atoms with Gasteiger partial charge in [0, 0.05) is 10.8 Å². The van der Waals surface area contributed by atoms with Crippen molar-refractivity contribution in [2.75, 3.05) is 18.9 Å². The number of rotatable bonds is 10. The zero-order valence-corrected chi connectivity index (χ0v) is 14.6. The summed E-state index contributed by atoms with van der Waals surface area (Å²) in [5.41, 5.74) is -0.0694. The fourth-order valence-corrected chi connectivity index (χ4v) is 4.55. The summed E-state index contributed by atoms with van der Waals surface area (Å²) in [5.74, 6) is 2.24. The molecule has 1 aliphatic carbocycles. The molecule has 0 aromatic carbocycles. The summed E-state index contributed by atoms with van der Waals surface area (Å²) >= 11 is 2.19. The normalized spacial score (nSPS) is 26.4. The van der Waals surface area contributed by atoms with Crippen LogP contribution in [0.1, 0.15) is 72.1 Å². The van der Waals surface area contributed by atoms with Crippen molar-refractivity contribution < 1.29 is 5.11 Å². The van der Waals surface area contributed by atoms with Crippen LogP contribution in [0.5, 0.6) is 0 Å². The van der Waals surface area contributed by atoms with Gasteiger partial charge in [-0.15, -0.1) is 0 Å². The van der Waals surface area contributed by atoms with Gasteiger partial charge in [-0.25, -0.2) is 0 Å². The molecule has 2 N–H and O–H groups in total. The van der Waals surface area contributed by atoms with Gasteiger partial charge < -0.3 is 10.4 Å². The van der Waals surface area contributed by atoms with Gasteiger partial charge in [-0.05, 0) is 57.2 Å².